The van der Waals surface area contributed by atoms with E-state index in [2.05, 4.69) is 81.7 Å². The summed E-state index contributed by atoms with van der Waals surface area (Å²) in [5.74, 6) is 0.947. The lowest BCUT2D eigenvalue weighted by atomic mass is 9.89. The molecule has 1 aliphatic heterocycles. The Morgan fingerprint density at radius 3 is 2.40 bits per heavy atom. The zero-order valence-corrected chi connectivity index (χ0v) is 16.4. The van der Waals surface area contributed by atoms with Crippen molar-refractivity contribution in [2.75, 3.05) is 5.32 Å². The number of thiocarbonyl (C=S) groups is 1. The van der Waals surface area contributed by atoms with E-state index in [-0.39, 0.29) is 11.6 Å². The maximum Gasteiger partial charge on any atom is 0.171 e. The molecule has 0 aliphatic carbocycles. The Balaban J connectivity index is 1.79. The molecular weight excluding hydrogens is 328 g/mol. The molecule has 0 bridgehead atoms. The van der Waals surface area contributed by atoms with Crippen molar-refractivity contribution in [3.05, 3.63) is 58.7 Å². The molecule has 25 heavy (non-hydrogen) atoms. The average molecular weight is 355 g/mol. The number of hydrogen-bond acceptors (Lipinski definition) is 2. The van der Waals surface area contributed by atoms with Crippen molar-refractivity contribution in [3.63, 3.8) is 0 Å². The number of fused-ring (bicyclic) bond motifs is 1. The van der Waals surface area contributed by atoms with E-state index < -0.39 is 0 Å². The third-order valence-corrected chi connectivity index (χ3v) is 4.63. The van der Waals surface area contributed by atoms with Crippen LogP contribution in [0.1, 0.15) is 48.6 Å². The van der Waals surface area contributed by atoms with Crippen LogP contribution in [0.4, 0.5) is 5.69 Å². The first-order valence-corrected chi connectivity index (χ1v) is 9.08. The first kappa shape index (κ1) is 17.7. The molecule has 4 heteroatoms. The van der Waals surface area contributed by atoms with Crippen molar-refractivity contribution >= 4 is 23.0 Å². The third kappa shape index (κ3) is 4.31. The molecule has 1 atom stereocenters. The summed E-state index contributed by atoms with van der Waals surface area (Å²) in [6, 6.07) is 12.8. The molecule has 3 rings (SSSR count). The molecule has 3 nitrogen and oxygen atoms in total. The first-order valence-electron chi connectivity index (χ1n) is 8.67. The van der Waals surface area contributed by atoms with Crippen LogP contribution in [0.25, 0.3) is 0 Å². The van der Waals surface area contributed by atoms with E-state index >= 15 is 0 Å². The Hall–Kier alpha value is -2.07. The van der Waals surface area contributed by atoms with Crippen LogP contribution < -0.4 is 15.4 Å². The number of anilines is 1. The lowest BCUT2D eigenvalue weighted by Crippen LogP contribution is -2.42. The summed E-state index contributed by atoms with van der Waals surface area (Å²) in [5.41, 5.74) is 5.59. The number of aryl methyl sites for hydroxylation is 3. The second kappa shape index (κ2) is 6.68. The van der Waals surface area contributed by atoms with Crippen LogP contribution in [-0.4, -0.2) is 10.7 Å². The highest BCUT2D eigenvalue weighted by Gasteiger charge is 2.34. The van der Waals surface area contributed by atoms with Gasteiger partial charge in [0.2, 0.25) is 0 Å². The van der Waals surface area contributed by atoms with E-state index in [0.717, 1.165) is 23.4 Å². The molecule has 0 aromatic heterocycles. The first-order chi connectivity index (χ1) is 11.7. The van der Waals surface area contributed by atoms with Gasteiger partial charge in [0, 0.05) is 17.7 Å². The SMILES string of the molecule is Cc1cc(C)cc(NC(=S)NC2CC(C)(C)Oc3cc(C)ccc32)c1. The predicted octanol–water partition coefficient (Wildman–Crippen LogP) is 5.20. The van der Waals surface area contributed by atoms with Crippen LogP contribution >= 0.6 is 12.2 Å². The van der Waals surface area contributed by atoms with Gasteiger partial charge >= 0.3 is 0 Å². The molecule has 0 fully saturated rings. The molecular formula is C21H26N2OS. The van der Waals surface area contributed by atoms with Crippen molar-refractivity contribution in [1.29, 1.82) is 0 Å². The van der Waals surface area contributed by atoms with Crippen LogP contribution in [0.15, 0.2) is 36.4 Å². The van der Waals surface area contributed by atoms with Gasteiger partial charge in [0.25, 0.3) is 0 Å². The van der Waals surface area contributed by atoms with Crippen LogP contribution in [0, 0.1) is 20.8 Å². The lowest BCUT2D eigenvalue weighted by Gasteiger charge is -2.38. The average Bonchev–Trinajstić information content (AvgIpc) is 2.43. The van der Waals surface area contributed by atoms with E-state index in [1.54, 1.807) is 0 Å². The smallest absolute Gasteiger partial charge is 0.171 e. The number of benzene rings is 2. The Morgan fingerprint density at radius 2 is 1.72 bits per heavy atom. The highest BCUT2D eigenvalue weighted by Crippen LogP contribution is 2.39. The maximum absolute atomic E-state index is 6.16. The van der Waals surface area contributed by atoms with Crippen LogP contribution in [-0.2, 0) is 0 Å². The second-order valence-corrected chi connectivity index (χ2v) is 8.04. The molecule has 0 amide bonds. The Kier molecular flexibility index (Phi) is 4.74. The molecule has 0 saturated carbocycles. The van der Waals surface area contributed by atoms with E-state index in [9.17, 15) is 0 Å². The summed E-state index contributed by atoms with van der Waals surface area (Å²) in [5, 5.41) is 7.44. The summed E-state index contributed by atoms with van der Waals surface area (Å²) < 4.78 is 6.16. The fraction of sp³-hybridized carbons (Fsp3) is 0.381. The van der Waals surface area contributed by atoms with Crippen molar-refractivity contribution in [1.82, 2.24) is 5.32 Å². The van der Waals surface area contributed by atoms with Crippen molar-refractivity contribution < 1.29 is 4.74 Å². The zero-order valence-electron chi connectivity index (χ0n) is 15.6. The summed E-state index contributed by atoms with van der Waals surface area (Å²) in [6.07, 6.45) is 0.859. The monoisotopic (exact) mass is 354 g/mol. The Labute approximate surface area is 155 Å². The van der Waals surface area contributed by atoms with E-state index in [1.165, 1.54) is 16.7 Å². The van der Waals surface area contributed by atoms with Gasteiger partial charge in [-0.3, -0.25) is 0 Å². The molecule has 2 N–H and O–H groups in total. The van der Waals surface area contributed by atoms with Gasteiger partial charge in [-0.25, -0.2) is 0 Å². The molecule has 0 saturated heterocycles. The fourth-order valence-electron chi connectivity index (χ4n) is 3.46. The van der Waals surface area contributed by atoms with Crippen molar-refractivity contribution in [2.45, 2.75) is 52.7 Å². The Bertz CT molecular complexity index is 793. The van der Waals surface area contributed by atoms with Crippen molar-refractivity contribution in [2.24, 2.45) is 0 Å². The van der Waals surface area contributed by atoms with Gasteiger partial charge in [-0.1, -0.05) is 18.2 Å². The Morgan fingerprint density at radius 1 is 1.04 bits per heavy atom. The standard InChI is InChI=1S/C21H26N2OS/c1-13-6-7-17-18(12-21(4,5)24-19(17)11-13)23-20(25)22-16-9-14(2)8-15(3)10-16/h6-11,18H,12H2,1-5H3,(H2,22,23,25). The van der Waals surface area contributed by atoms with Gasteiger partial charge in [0.1, 0.15) is 11.4 Å². The molecule has 2 aromatic rings. The molecule has 1 unspecified atom stereocenters. The lowest BCUT2D eigenvalue weighted by molar-refractivity contribution is 0.0696. The van der Waals surface area contributed by atoms with Crippen LogP contribution in [0.2, 0.25) is 0 Å². The topological polar surface area (TPSA) is 33.3 Å². The molecule has 2 aromatic carbocycles. The number of hydrogen-bond donors (Lipinski definition) is 2. The number of rotatable bonds is 2. The highest BCUT2D eigenvalue weighted by molar-refractivity contribution is 7.80. The number of nitrogens with one attached hydrogen (secondary N) is 2. The minimum absolute atomic E-state index is 0.130. The van der Waals surface area contributed by atoms with Gasteiger partial charge in [-0.05, 0) is 81.7 Å². The van der Waals surface area contributed by atoms with E-state index in [1.807, 2.05) is 0 Å². The van der Waals surface area contributed by atoms with Crippen molar-refractivity contribution in [3.8, 4) is 5.75 Å². The third-order valence-electron chi connectivity index (χ3n) is 4.41. The molecule has 0 radical (unpaired) electrons. The summed E-state index contributed by atoms with van der Waals surface area (Å²) >= 11 is 5.57. The fourth-order valence-corrected chi connectivity index (χ4v) is 3.72. The van der Waals surface area contributed by atoms with Crippen LogP contribution in [0.5, 0.6) is 5.75 Å². The van der Waals surface area contributed by atoms with Gasteiger partial charge in [0.15, 0.2) is 5.11 Å². The highest BCUT2D eigenvalue weighted by atomic mass is 32.1. The van der Waals surface area contributed by atoms with Gasteiger partial charge < -0.3 is 15.4 Å². The molecule has 1 heterocycles. The summed E-state index contributed by atoms with van der Waals surface area (Å²) in [7, 11) is 0. The van der Waals surface area contributed by atoms with Gasteiger partial charge in [-0.15, -0.1) is 0 Å². The quantitative estimate of drug-likeness (QED) is 0.726. The number of ether oxygens (including phenoxy) is 1. The van der Waals surface area contributed by atoms with E-state index in [0.29, 0.717) is 5.11 Å². The van der Waals surface area contributed by atoms with Gasteiger partial charge in [0.05, 0.1) is 6.04 Å². The zero-order chi connectivity index (χ0) is 18.2. The normalized spacial score (nSPS) is 18.0. The maximum atomic E-state index is 6.16. The molecule has 1 aliphatic rings. The predicted molar refractivity (Wildman–Crippen MR) is 109 cm³/mol. The van der Waals surface area contributed by atoms with Crippen LogP contribution in [0.3, 0.4) is 0 Å². The summed E-state index contributed by atoms with van der Waals surface area (Å²) in [4.78, 5) is 0. The second-order valence-electron chi connectivity index (χ2n) is 7.63. The van der Waals surface area contributed by atoms with E-state index in [4.69, 9.17) is 17.0 Å². The minimum Gasteiger partial charge on any atom is -0.487 e. The van der Waals surface area contributed by atoms with Gasteiger partial charge in [-0.2, -0.15) is 0 Å². The largest absolute Gasteiger partial charge is 0.487 e. The summed E-state index contributed by atoms with van der Waals surface area (Å²) in [6.45, 7) is 10.5. The molecule has 0 spiro atoms. The minimum atomic E-state index is -0.228. The molecule has 132 valence electrons.